The SMILES string of the molecule is CC(C)(C)OC(=O)N1CC[C@@H](O)[C@@H](CN)C1. The largest absolute Gasteiger partial charge is 0.444 e. The van der Waals surface area contributed by atoms with Crippen LogP contribution in [-0.4, -0.2) is 47.4 Å². The van der Waals surface area contributed by atoms with Crippen LogP contribution in [0.5, 0.6) is 0 Å². The van der Waals surface area contributed by atoms with Gasteiger partial charge < -0.3 is 20.5 Å². The molecule has 5 heteroatoms. The molecule has 94 valence electrons. The number of nitrogens with two attached hydrogens (primary N) is 1. The molecule has 0 spiro atoms. The number of ether oxygens (including phenoxy) is 1. The fraction of sp³-hybridized carbons (Fsp3) is 0.909. The third kappa shape index (κ3) is 3.64. The van der Waals surface area contributed by atoms with Gasteiger partial charge in [-0.2, -0.15) is 0 Å². The minimum atomic E-state index is -0.481. The Kier molecular flexibility index (Phi) is 4.15. The van der Waals surface area contributed by atoms with E-state index in [9.17, 15) is 9.90 Å². The zero-order valence-electron chi connectivity index (χ0n) is 10.3. The number of aliphatic hydroxyl groups is 1. The summed E-state index contributed by atoms with van der Waals surface area (Å²) in [5, 5.41) is 9.64. The topological polar surface area (TPSA) is 75.8 Å². The lowest BCUT2D eigenvalue weighted by Gasteiger charge is -2.36. The normalized spacial score (nSPS) is 26.7. The van der Waals surface area contributed by atoms with Crippen molar-refractivity contribution in [1.82, 2.24) is 4.90 Å². The van der Waals surface area contributed by atoms with Crippen LogP contribution in [0.15, 0.2) is 0 Å². The third-order valence-electron chi connectivity index (χ3n) is 2.65. The molecule has 0 saturated carbocycles. The van der Waals surface area contributed by atoms with E-state index >= 15 is 0 Å². The molecule has 0 radical (unpaired) electrons. The number of amides is 1. The minimum Gasteiger partial charge on any atom is -0.444 e. The average molecular weight is 230 g/mol. The minimum absolute atomic E-state index is 0.0405. The van der Waals surface area contributed by atoms with Gasteiger partial charge in [0.05, 0.1) is 6.10 Å². The van der Waals surface area contributed by atoms with Gasteiger partial charge in [-0.1, -0.05) is 0 Å². The highest BCUT2D eigenvalue weighted by molar-refractivity contribution is 5.68. The van der Waals surface area contributed by atoms with Crippen molar-refractivity contribution in [2.75, 3.05) is 19.6 Å². The van der Waals surface area contributed by atoms with Crippen molar-refractivity contribution in [2.24, 2.45) is 11.7 Å². The van der Waals surface area contributed by atoms with E-state index in [0.717, 1.165) is 0 Å². The zero-order valence-corrected chi connectivity index (χ0v) is 10.3. The standard InChI is InChI=1S/C11H22N2O3/c1-11(2,3)16-10(15)13-5-4-9(14)8(6-12)7-13/h8-9,14H,4-7,12H2,1-3H3/t8-,9+/m0/s1. The van der Waals surface area contributed by atoms with Crippen LogP contribution in [0.1, 0.15) is 27.2 Å². The van der Waals surface area contributed by atoms with Crippen LogP contribution in [0.25, 0.3) is 0 Å². The number of hydrogen-bond acceptors (Lipinski definition) is 4. The molecule has 1 heterocycles. The Balaban J connectivity index is 2.52. The summed E-state index contributed by atoms with van der Waals surface area (Å²) in [6, 6.07) is 0. The maximum absolute atomic E-state index is 11.8. The lowest BCUT2D eigenvalue weighted by atomic mass is 9.95. The molecule has 0 aliphatic carbocycles. The molecule has 16 heavy (non-hydrogen) atoms. The van der Waals surface area contributed by atoms with Gasteiger partial charge in [-0.25, -0.2) is 4.79 Å². The molecule has 1 amide bonds. The van der Waals surface area contributed by atoms with Gasteiger partial charge in [0.25, 0.3) is 0 Å². The molecule has 1 rings (SSSR count). The van der Waals surface area contributed by atoms with Crippen molar-refractivity contribution >= 4 is 6.09 Å². The van der Waals surface area contributed by atoms with Gasteiger partial charge in [-0.15, -0.1) is 0 Å². The molecule has 0 unspecified atom stereocenters. The van der Waals surface area contributed by atoms with Gasteiger partial charge in [-0.05, 0) is 33.7 Å². The molecule has 3 N–H and O–H groups in total. The first-order valence-electron chi connectivity index (χ1n) is 5.69. The summed E-state index contributed by atoms with van der Waals surface area (Å²) in [5.41, 5.74) is 5.06. The predicted molar refractivity (Wildman–Crippen MR) is 61.0 cm³/mol. The van der Waals surface area contributed by atoms with Crippen molar-refractivity contribution in [2.45, 2.75) is 38.9 Å². The number of likely N-dealkylation sites (tertiary alicyclic amines) is 1. The second-order valence-electron chi connectivity index (χ2n) is 5.28. The average Bonchev–Trinajstić information content (AvgIpc) is 2.15. The molecular weight excluding hydrogens is 208 g/mol. The second kappa shape index (κ2) is 5.01. The van der Waals surface area contributed by atoms with Crippen LogP contribution in [-0.2, 0) is 4.74 Å². The van der Waals surface area contributed by atoms with E-state index in [1.54, 1.807) is 4.90 Å². The summed E-state index contributed by atoms with van der Waals surface area (Å²) in [7, 11) is 0. The maximum Gasteiger partial charge on any atom is 0.410 e. The maximum atomic E-state index is 11.8. The lowest BCUT2D eigenvalue weighted by molar-refractivity contribution is -0.00652. The quantitative estimate of drug-likeness (QED) is 0.690. The van der Waals surface area contributed by atoms with Crippen LogP contribution in [0, 0.1) is 5.92 Å². The van der Waals surface area contributed by atoms with Crippen LogP contribution in [0.3, 0.4) is 0 Å². The van der Waals surface area contributed by atoms with E-state index in [2.05, 4.69) is 0 Å². The fourth-order valence-electron chi connectivity index (χ4n) is 1.74. The molecule has 0 aromatic rings. The highest BCUT2D eigenvalue weighted by atomic mass is 16.6. The summed E-state index contributed by atoms with van der Waals surface area (Å²) in [6.45, 7) is 6.91. The van der Waals surface area contributed by atoms with Crippen LogP contribution in [0.2, 0.25) is 0 Å². The number of nitrogens with zero attached hydrogens (tertiary/aromatic N) is 1. The molecule has 0 aromatic heterocycles. The monoisotopic (exact) mass is 230 g/mol. The van der Waals surface area contributed by atoms with Crippen LogP contribution in [0.4, 0.5) is 4.79 Å². The van der Waals surface area contributed by atoms with Crippen molar-refractivity contribution < 1.29 is 14.6 Å². The first-order chi connectivity index (χ1) is 7.33. The number of carbonyl (C=O) groups excluding carboxylic acids is 1. The Morgan fingerprint density at radius 1 is 1.56 bits per heavy atom. The van der Waals surface area contributed by atoms with Gasteiger partial charge in [0, 0.05) is 19.0 Å². The lowest BCUT2D eigenvalue weighted by Crippen LogP contribution is -2.49. The molecule has 2 atom stereocenters. The van der Waals surface area contributed by atoms with E-state index in [4.69, 9.17) is 10.5 Å². The van der Waals surface area contributed by atoms with E-state index < -0.39 is 11.7 Å². The van der Waals surface area contributed by atoms with Gasteiger partial charge in [0.15, 0.2) is 0 Å². The van der Waals surface area contributed by atoms with E-state index in [1.165, 1.54) is 0 Å². The van der Waals surface area contributed by atoms with E-state index in [0.29, 0.717) is 26.1 Å². The predicted octanol–water partition coefficient (Wildman–Crippen LogP) is 0.563. The molecule has 0 aromatic carbocycles. The molecule has 5 nitrogen and oxygen atoms in total. The molecule has 1 fully saturated rings. The van der Waals surface area contributed by atoms with Gasteiger partial charge in [0.2, 0.25) is 0 Å². The van der Waals surface area contributed by atoms with Gasteiger partial charge in [0.1, 0.15) is 5.60 Å². The summed E-state index contributed by atoms with van der Waals surface area (Å²) >= 11 is 0. The molecular formula is C11H22N2O3. The Morgan fingerprint density at radius 2 is 2.19 bits per heavy atom. The van der Waals surface area contributed by atoms with Crippen molar-refractivity contribution in [3.8, 4) is 0 Å². The van der Waals surface area contributed by atoms with Crippen molar-refractivity contribution in [3.05, 3.63) is 0 Å². The van der Waals surface area contributed by atoms with E-state index in [-0.39, 0.29) is 12.0 Å². The highest BCUT2D eigenvalue weighted by Crippen LogP contribution is 2.18. The summed E-state index contributed by atoms with van der Waals surface area (Å²) in [6.07, 6.45) is -0.150. The zero-order chi connectivity index (χ0) is 12.3. The Hall–Kier alpha value is -0.810. The Bertz CT molecular complexity index is 250. The fourth-order valence-corrected chi connectivity index (χ4v) is 1.74. The number of rotatable bonds is 1. The van der Waals surface area contributed by atoms with E-state index in [1.807, 2.05) is 20.8 Å². The molecule has 0 bridgehead atoms. The first kappa shape index (κ1) is 13.3. The first-order valence-corrected chi connectivity index (χ1v) is 5.69. The number of hydrogen-bond donors (Lipinski definition) is 2. The Labute approximate surface area is 96.6 Å². The van der Waals surface area contributed by atoms with Crippen molar-refractivity contribution in [1.29, 1.82) is 0 Å². The molecule has 1 aliphatic rings. The number of carbonyl (C=O) groups is 1. The van der Waals surface area contributed by atoms with Crippen LogP contribution >= 0.6 is 0 Å². The smallest absolute Gasteiger partial charge is 0.410 e. The van der Waals surface area contributed by atoms with Crippen molar-refractivity contribution in [3.63, 3.8) is 0 Å². The summed E-state index contributed by atoms with van der Waals surface area (Å²) in [4.78, 5) is 13.4. The Morgan fingerprint density at radius 3 is 2.69 bits per heavy atom. The summed E-state index contributed by atoms with van der Waals surface area (Å²) in [5.74, 6) is -0.0405. The van der Waals surface area contributed by atoms with Gasteiger partial charge in [-0.3, -0.25) is 0 Å². The van der Waals surface area contributed by atoms with Gasteiger partial charge >= 0.3 is 6.09 Å². The molecule has 1 aliphatic heterocycles. The second-order valence-corrected chi connectivity index (χ2v) is 5.28. The van der Waals surface area contributed by atoms with Crippen LogP contribution < -0.4 is 5.73 Å². The summed E-state index contributed by atoms with van der Waals surface area (Å²) < 4.78 is 5.27. The molecule has 1 saturated heterocycles. The highest BCUT2D eigenvalue weighted by Gasteiger charge is 2.31. The third-order valence-corrected chi connectivity index (χ3v) is 2.65. The number of aliphatic hydroxyl groups excluding tert-OH is 1. The number of piperidine rings is 1.